The van der Waals surface area contributed by atoms with Crippen molar-refractivity contribution in [3.05, 3.63) is 24.3 Å². The van der Waals surface area contributed by atoms with Gasteiger partial charge in [0.15, 0.2) is 15.0 Å². The van der Waals surface area contributed by atoms with E-state index in [0.717, 1.165) is 30.2 Å². The first-order valence-corrected chi connectivity index (χ1v) is 11.5. The predicted molar refractivity (Wildman–Crippen MR) is 104 cm³/mol. The summed E-state index contributed by atoms with van der Waals surface area (Å²) in [7, 11) is -2.99. The predicted octanol–water partition coefficient (Wildman–Crippen LogP) is 1.71. The van der Waals surface area contributed by atoms with E-state index in [1.807, 2.05) is 18.2 Å². The Morgan fingerprint density at radius 2 is 2.04 bits per heavy atom. The minimum absolute atomic E-state index is 0.0599. The Labute approximate surface area is 156 Å². The number of urea groups is 1. The van der Waals surface area contributed by atoms with Gasteiger partial charge in [0.25, 0.3) is 0 Å². The molecule has 26 heavy (non-hydrogen) atoms. The van der Waals surface area contributed by atoms with Gasteiger partial charge in [0.1, 0.15) is 0 Å². The second kappa shape index (κ2) is 7.03. The highest BCUT2D eigenvalue weighted by atomic mass is 32.2. The Hall–Kier alpha value is -1.87. The van der Waals surface area contributed by atoms with Crippen molar-refractivity contribution in [1.82, 2.24) is 15.2 Å². The largest absolute Gasteiger partial charge is 0.346 e. The molecule has 0 radical (unpaired) electrons. The number of hydrogen-bond acceptors (Lipinski definition) is 6. The SMILES string of the molecule is O=C(NC1CCS(=O)(=O)C1)N1CCCN(c2nc3ccccc3s2)CC1. The van der Waals surface area contributed by atoms with Crippen molar-refractivity contribution in [2.75, 3.05) is 42.6 Å². The Morgan fingerprint density at radius 3 is 2.81 bits per heavy atom. The molecule has 3 heterocycles. The summed E-state index contributed by atoms with van der Waals surface area (Å²) >= 11 is 1.68. The number of rotatable bonds is 2. The first-order chi connectivity index (χ1) is 12.5. The molecule has 1 atom stereocenters. The van der Waals surface area contributed by atoms with Gasteiger partial charge in [-0.05, 0) is 25.0 Å². The van der Waals surface area contributed by atoms with Crippen LogP contribution in [-0.4, -0.2) is 68.1 Å². The lowest BCUT2D eigenvalue weighted by Crippen LogP contribution is -2.46. The van der Waals surface area contributed by atoms with Gasteiger partial charge in [0, 0.05) is 32.2 Å². The highest BCUT2D eigenvalue weighted by Crippen LogP contribution is 2.29. The van der Waals surface area contributed by atoms with E-state index in [1.54, 1.807) is 16.2 Å². The molecular formula is C17H22N4O3S2. The van der Waals surface area contributed by atoms with E-state index < -0.39 is 9.84 Å². The summed E-state index contributed by atoms with van der Waals surface area (Å²) in [5.74, 6) is 0.230. The number of nitrogens with zero attached hydrogens (tertiary/aromatic N) is 3. The van der Waals surface area contributed by atoms with Gasteiger partial charge in [0.2, 0.25) is 0 Å². The van der Waals surface area contributed by atoms with Gasteiger partial charge in [-0.2, -0.15) is 0 Å². The molecule has 2 aliphatic rings. The maximum Gasteiger partial charge on any atom is 0.317 e. The molecular weight excluding hydrogens is 372 g/mol. The van der Waals surface area contributed by atoms with Crippen LogP contribution in [0, 0.1) is 0 Å². The van der Waals surface area contributed by atoms with Crippen molar-refractivity contribution in [3.63, 3.8) is 0 Å². The molecule has 1 N–H and O–H groups in total. The number of sulfone groups is 1. The fourth-order valence-electron chi connectivity index (χ4n) is 3.48. The molecule has 0 bridgehead atoms. The second-order valence-electron chi connectivity index (χ2n) is 6.84. The number of aromatic nitrogens is 1. The number of benzene rings is 1. The molecule has 0 saturated carbocycles. The molecule has 0 aliphatic carbocycles. The third kappa shape index (κ3) is 3.78. The number of thiazole rings is 1. The highest BCUT2D eigenvalue weighted by Gasteiger charge is 2.30. The van der Waals surface area contributed by atoms with Crippen molar-refractivity contribution in [1.29, 1.82) is 0 Å². The summed E-state index contributed by atoms with van der Waals surface area (Å²) in [4.78, 5) is 21.2. The lowest BCUT2D eigenvalue weighted by Gasteiger charge is -2.23. The van der Waals surface area contributed by atoms with E-state index in [9.17, 15) is 13.2 Å². The highest BCUT2D eigenvalue weighted by molar-refractivity contribution is 7.91. The van der Waals surface area contributed by atoms with Gasteiger partial charge in [-0.3, -0.25) is 0 Å². The molecule has 2 amide bonds. The lowest BCUT2D eigenvalue weighted by molar-refractivity contribution is 0.198. The van der Waals surface area contributed by atoms with Gasteiger partial charge < -0.3 is 15.1 Å². The van der Waals surface area contributed by atoms with E-state index in [1.165, 1.54) is 4.70 Å². The Balaban J connectivity index is 1.37. The average molecular weight is 395 g/mol. The van der Waals surface area contributed by atoms with Crippen molar-refractivity contribution in [2.45, 2.75) is 18.9 Å². The van der Waals surface area contributed by atoms with Crippen molar-refractivity contribution in [2.24, 2.45) is 0 Å². The second-order valence-corrected chi connectivity index (χ2v) is 10.1. The molecule has 7 nitrogen and oxygen atoms in total. The summed E-state index contributed by atoms with van der Waals surface area (Å²) in [5, 5.41) is 3.88. The van der Waals surface area contributed by atoms with Gasteiger partial charge in [0.05, 0.1) is 21.7 Å². The third-order valence-electron chi connectivity index (χ3n) is 4.90. The molecule has 2 aromatic rings. The zero-order valence-electron chi connectivity index (χ0n) is 14.4. The van der Waals surface area contributed by atoms with Crippen molar-refractivity contribution >= 4 is 42.6 Å². The third-order valence-corrected chi connectivity index (χ3v) is 7.76. The average Bonchev–Trinajstić information content (AvgIpc) is 3.08. The molecule has 2 fully saturated rings. The molecule has 1 unspecified atom stereocenters. The topological polar surface area (TPSA) is 82.6 Å². The quantitative estimate of drug-likeness (QED) is 0.838. The van der Waals surface area contributed by atoms with Crippen LogP contribution in [0.1, 0.15) is 12.8 Å². The summed E-state index contributed by atoms with van der Waals surface area (Å²) in [6.45, 7) is 2.88. The van der Waals surface area contributed by atoms with Crippen LogP contribution < -0.4 is 10.2 Å². The smallest absolute Gasteiger partial charge is 0.317 e. The molecule has 2 aliphatic heterocycles. The first-order valence-electron chi connectivity index (χ1n) is 8.86. The molecule has 4 rings (SSSR count). The van der Waals surface area contributed by atoms with Crippen LogP contribution in [0.15, 0.2) is 24.3 Å². The Morgan fingerprint density at radius 1 is 1.19 bits per heavy atom. The monoisotopic (exact) mass is 394 g/mol. The van der Waals surface area contributed by atoms with E-state index in [2.05, 4.69) is 16.3 Å². The van der Waals surface area contributed by atoms with E-state index in [-0.39, 0.29) is 23.6 Å². The summed E-state index contributed by atoms with van der Waals surface area (Å²) in [6.07, 6.45) is 1.38. The van der Waals surface area contributed by atoms with Crippen LogP contribution in [0.5, 0.6) is 0 Å². The fraction of sp³-hybridized carbons (Fsp3) is 0.529. The van der Waals surface area contributed by atoms with E-state index in [4.69, 9.17) is 4.98 Å². The minimum atomic E-state index is -2.99. The number of amides is 2. The first kappa shape index (κ1) is 17.5. The van der Waals surface area contributed by atoms with Crippen LogP contribution in [-0.2, 0) is 9.84 Å². The molecule has 0 spiro atoms. The number of anilines is 1. The Kier molecular flexibility index (Phi) is 4.74. The molecule has 1 aromatic heterocycles. The number of nitrogens with one attached hydrogen (secondary N) is 1. The zero-order chi connectivity index (χ0) is 18.1. The van der Waals surface area contributed by atoms with E-state index >= 15 is 0 Å². The number of para-hydroxylation sites is 1. The summed E-state index contributed by atoms with van der Waals surface area (Å²) < 4.78 is 24.3. The van der Waals surface area contributed by atoms with E-state index in [0.29, 0.717) is 19.5 Å². The molecule has 140 valence electrons. The fourth-order valence-corrected chi connectivity index (χ4v) is 6.17. The van der Waals surface area contributed by atoms with Crippen LogP contribution in [0.2, 0.25) is 0 Å². The molecule has 1 aromatic carbocycles. The van der Waals surface area contributed by atoms with Gasteiger partial charge in [-0.25, -0.2) is 18.2 Å². The normalized spacial score (nSPS) is 23.2. The minimum Gasteiger partial charge on any atom is -0.346 e. The van der Waals surface area contributed by atoms with Crippen LogP contribution in [0.25, 0.3) is 10.2 Å². The Bertz CT molecular complexity index is 879. The maximum atomic E-state index is 12.5. The van der Waals surface area contributed by atoms with Crippen LogP contribution in [0.4, 0.5) is 9.93 Å². The van der Waals surface area contributed by atoms with Gasteiger partial charge in [-0.1, -0.05) is 23.5 Å². The van der Waals surface area contributed by atoms with Crippen molar-refractivity contribution < 1.29 is 13.2 Å². The number of fused-ring (bicyclic) bond motifs is 1. The van der Waals surface area contributed by atoms with Crippen LogP contribution >= 0.6 is 11.3 Å². The molecule has 9 heteroatoms. The van der Waals surface area contributed by atoms with Crippen molar-refractivity contribution in [3.8, 4) is 0 Å². The number of carbonyl (C=O) groups is 1. The van der Waals surface area contributed by atoms with Gasteiger partial charge >= 0.3 is 6.03 Å². The lowest BCUT2D eigenvalue weighted by atomic mass is 10.3. The summed E-state index contributed by atoms with van der Waals surface area (Å²) in [6, 6.07) is 7.69. The number of carbonyl (C=O) groups excluding carboxylic acids is 1. The maximum absolute atomic E-state index is 12.5. The van der Waals surface area contributed by atoms with Crippen LogP contribution in [0.3, 0.4) is 0 Å². The standard InChI is InChI=1S/C17H22N4O3S2/c22-16(18-13-6-11-26(23,24)12-13)20-7-3-8-21(10-9-20)17-19-14-4-1-2-5-15(14)25-17/h1-2,4-5,13H,3,6-12H2,(H,18,22). The van der Waals surface area contributed by atoms with Gasteiger partial charge in [-0.15, -0.1) is 0 Å². The summed E-state index contributed by atoms with van der Waals surface area (Å²) in [5.41, 5.74) is 1.01. The number of hydrogen-bond donors (Lipinski definition) is 1. The zero-order valence-corrected chi connectivity index (χ0v) is 16.1. The molecule has 2 saturated heterocycles.